The smallest absolute Gasteiger partial charge is 0.345 e. The molecule has 10 heteroatoms. The lowest BCUT2D eigenvalue weighted by Crippen LogP contribution is -2.43. The van der Waals surface area contributed by atoms with E-state index in [-0.39, 0.29) is 24.9 Å². The zero-order valence-corrected chi connectivity index (χ0v) is 18.1. The highest BCUT2D eigenvalue weighted by molar-refractivity contribution is 6.10. The van der Waals surface area contributed by atoms with Gasteiger partial charge in [-0.3, -0.25) is 24.0 Å². The Bertz CT molecular complexity index is 1030. The fourth-order valence-electron chi connectivity index (χ4n) is 4.00. The van der Waals surface area contributed by atoms with Crippen molar-refractivity contribution < 1.29 is 27.6 Å². The van der Waals surface area contributed by atoms with Gasteiger partial charge in [0.1, 0.15) is 0 Å². The summed E-state index contributed by atoms with van der Waals surface area (Å²) in [6.45, 7) is 2.03. The summed E-state index contributed by atoms with van der Waals surface area (Å²) in [7, 11) is 3.34. The molecule has 2 heterocycles. The fourth-order valence-corrected chi connectivity index (χ4v) is 4.00. The molecule has 7 nitrogen and oxygen atoms in total. The van der Waals surface area contributed by atoms with Crippen molar-refractivity contribution in [2.24, 2.45) is 7.05 Å². The van der Waals surface area contributed by atoms with Crippen LogP contribution in [0.1, 0.15) is 36.5 Å². The Hall–Kier alpha value is -3.17. The van der Waals surface area contributed by atoms with E-state index in [2.05, 4.69) is 5.10 Å². The maximum atomic E-state index is 13.3. The van der Waals surface area contributed by atoms with E-state index in [0.29, 0.717) is 13.0 Å². The Labute approximate surface area is 183 Å². The topological polar surface area (TPSA) is 75.5 Å². The molecular formula is C22H25F3N4O3. The lowest BCUT2D eigenvalue weighted by Gasteiger charge is -2.29. The molecule has 3 amide bonds. The van der Waals surface area contributed by atoms with Crippen LogP contribution in [0, 0.1) is 0 Å². The minimum absolute atomic E-state index is 0.0237. The molecule has 1 atom stereocenters. The molecule has 0 saturated carbocycles. The molecule has 1 aliphatic heterocycles. The molecule has 1 aromatic heterocycles. The van der Waals surface area contributed by atoms with Crippen LogP contribution in [0.4, 0.5) is 13.2 Å². The van der Waals surface area contributed by atoms with Crippen LogP contribution in [0.3, 0.4) is 0 Å². The third kappa shape index (κ3) is 4.53. The van der Waals surface area contributed by atoms with Gasteiger partial charge in [0.05, 0.1) is 17.2 Å². The normalized spacial score (nSPS) is 19.0. The SMILES string of the molecule is CCN1C(=O)C[C@](CC(=O)N(C)CCc2cnn(C)c2)(c2cccc(C(F)(F)F)c2)C1=O. The molecule has 0 radical (unpaired) electrons. The number of amides is 3. The number of rotatable bonds is 7. The highest BCUT2D eigenvalue weighted by atomic mass is 19.4. The Morgan fingerprint density at radius 1 is 1.28 bits per heavy atom. The number of halogens is 3. The van der Waals surface area contributed by atoms with Crippen molar-refractivity contribution in [1.82, 2.24) is 19.6 Å². The fraction of sp³-hybridized carbons (Fsp3) is 0.455. The molecule has 1 fully saturated rings. The highest BCUT2D eigenvalue weighted by Crippen LogP contribution is 2.42. The average molecular weight is 450 g/mol. The first kappa shape index (κ1) is 23.5. The highest BCUT2D eigenvalue weighted by Gasteiger charge is 2.54. The second kappa shape index (κ2) is 8.76. The van der Waals surface area contributed by atoms with Gasteiger partial charge in [-0.1, -0.05) is 18.2 Å². The van der Waals surface area contributed by atoms with E-state index in [1.54, 1.807) is 31.9 Å². The first-order valence-corrected chi connectivity index (χ1v) is 10.2. The molecule has 32 heavy (non-hydrogen) atoms. The van der Waals surface area contributed by atoms with Crippen molar-refractivity contribution >= 4 is 17.7 Å². The number of hydrogen-bond donors (Lipinski definition) is 0. The van der Waals surface area contributed by atoms with Crippen LogP contribution < -0.4 is 0 Å². The van der Waals surface area contributed by atoms with E-state index in [4.69, 9.17) is 0 Å². The number of likely N-dealkylation sites (N-methyl/N-ethyl adjacent to an activating group) is 2. The Morgan fingerprint density at radius 2 is 2.00 bits per heavy atom. The molecule has 0 spiro atoms. The number of likely N-dealkylation sites (tertiary alicyclic amines) is 1. The number of benzene rings is 1. The Kier molecular flexibility index (Phi) is 6.43. The summed E-state index contributed by atoms with van der Waals surface area (Å²) in [6, 6.07) is 4.34. The van der Waals surface area contributed by atoms with Gasteiger partial charge in [0.15, 0.2) is 0 Å². The van der Waals surface area contributed by atoms with Crippen molar-refractivity contribution in [1.29, 1.82) is 0 Å². The Morgan fingerprint density at radius 3 is 2.56 bits per heavy atom. The molecule has 1 aliphatic rings. The van der Waals surface area contributed by atoms with E-state index >= 15 is 0 Å². The van der Waals surface area contributed by atoms with Crippen molar-refractivity contribution in [3.05, 3.63) is 53.3 Å². The van der Waals surface area contributed by atoms with Gasteiger partial charge < -0.3 is 4.90 Å². The summed E-state index contributed by atoms with van der Waals surface area (Å²) in [5.41, 5.74) is -1.64. The molecule has 1 aromatic carbocycles. The van der Waals surface area contributed by atoms with E-state index in [0.717, 1.165) is 22.6 Å². The number of alkyl halides is 3. The van der Waals surface area contributed by atoms with Crippen molar-refractivity contribution in [3.63, 3.8) is 0 Å². The van der Waals surface area contributed by atoms with Crippen LogP contribution >= 0.6 is 0 Å². The molecule has 172 valence electrons. The molecule has 0 bridgehead atoms. The standard InChI is InChI=1S/C22H25F3N4O3/c1-4-29-19(31)12-21(20(29)32,16-6-5-7-17(10-16)22(23,24)25)11-18(30)27(2)9-8-15-13-26-28(3)14-15/h5-7,10,13-14H,4,8-9,11-12H2,1-3H3/t21-/m1/s1. The molecule has 1 saturated heterocycles. The van der Waals surface area contributed by atoms with Gasteiger partial charge in [-0.25, -0.2) is 0 Å². The van der Waals surface area contributed by atoms with Gasteiger partial charge in [-0.05, 0) is 30.5 Å². The first-order chi connectivity index (χ1) is 15.0. The minimum atomic E-state index is -4.61. The number of nitrogens with zero attached hydrogens (tertiary/aromatic N) is 4. The van der Waals surface area contributed by atoms with Crippen LogP contribution in [0.5, 0.6) is 0 Å². The summed E-state index contributed by atoms with van der Waals surface area (Å²) in [4.78, 5) is 41.2. The number of aromatic nitrogens is 2. The van der Waals surface area contributed by atoms with E-state index in [1.165, 1.54) is 17.0 Å². The first-order valence-electron chi connectivity index (χ1n) is 10.2. The van der Waals surface area contributed by atoms with Gasteiger partial charge in [0, 0.05) is 46.2 Å². The maximum absolute atomic E-state index is 13.3. The molecule has 2 aromatic rings. The summed E-state index contributed by atoms with van der Waals surface area (Å²) < 4.78 is 41.6. The second-order valence-corrected chi connectivity index (χ2v) is 8.04. The van der Waals surface area contributed by atoms with Crippen LogP contribution in [0.15, 0.2) is 36.7 Å². The van der Waals surface area contributed by atoms with Crippen molar-refractivity contribution in [2.75, 3.05) is 20.1 Å². The molecule has 0 aliphatic carbocycles. The number of aryl methyl sites for hydroxylation is 1. The zero-order chi connectivity index (χ0) is 23.7. The lowest BCUT2D eigenvalue weighted by molar-refractivity contribution is -0.142. The second-order valence-electron chi connectivity index (χ2n) is 8.04. The third-order valence-electron chi connectivity index (χ3n) is 5.84. The number of imide groups is 1. The average Bonchev–Trinajstić information content (AvgIpc) is 3.26. The van der Waals surface area contributed by atoms with Crippen LogP contribution in [0.2, 0.25) is 0 Å². The van der Waals surface area contributed by atoms with Crippen molar-refractivity contribution in [3.8, 4) is 0 Å². The van der Waals surface area contributed by atoms with Crippen LogP contribution in [-0.2, 0) is 39.4 Å². The monoisotopic (exact) mass is 450 g/mol. The molecule has 0 N–H and O–H groups in total. The van der Waals surface area contributed by atoms with Crippen LogP contribution in [-0.4, -0.2) is 57.4 Å². The maximum Gasteiger partial charge on any atom is 0.416 e. The molecule has 0 unspecified atom stereocenters. The lowest BCUT2D eigenvalue weighted by atomic mass is 9.75. The van der Waals surface area contributed by atoms with Gasteiger partial charge >= 0.3 is 6.18 Å². The summed E-state index contributed by atoms with van der Waals surface area (Å²) in [5, 5.41) is 4.07. The zero-order valence-electron chi connectivity index (χ0n) is 18.1. The Balaban J connectivity index is 1.90. The van der Waals surface area contributed by atoms with E-state index in [1.807, 2.05) is 6.20 Å². The minimum Gasteiger partial charge on any atom is -0.345 e. The third-order valence-corrected chi connectivity index (χ3v) is 5.84. The quantitative estimate of drug-likeness (QED) is 0.608. The van der Waals surface area contributed by atoms with Crippen molar-refractivity contribution in [2.45, 2.75) is 37.8 Å². The van der Waals surface area contributed by atoms with E-state index < -0.39 is 34.9 Å². The number of carbonyl (C=O) groups excluding carboxylic acids is 3. The number of hydrogen-bond acceptors (Lipinski definition) is 4. The van der Waals surface area contributed by atoms with Gasteiger partial charge in [0.25, 0.3) is 0 Å². The summed E-state index contributed by atoms with van der Waals surface area (Å²) in [5.74, 6) is -1.57. The predicted octanol–water partition coefficient (Wildman–Crippen LogP) is 2.55. The predicted molar refractivity (Wildman–Crippen MR) is 109 cm³/mol. The van der Waals surface area contributed by atoms with Gasteiger partial charge in [-0.2, -0.15) is 18.3 Å². The van der Waals surface area contributed by atoms with Crippen LogP contribution in [0.25, 0.3) is 0 Å². The summed E-state index contributed by atoms with van der Waals surface area (Å²) >= 11 is 0. The largest absolute Gasteiger partial charge is 0.416 e. The number of carbonyl (C=O) groups is 3. The molecular weight excluding hydrogens is 425 g/mol. The van der Waals surface area contributed by atoms with Gasteiger partial charge in [-0.15, -0.1) is 0 Å². The molecule has 3 rings (SSSR count). The van der Waals surface area contributed by atoms with Gasteiger partial charge in [0.2, 0.25) is 17.7 Å². The van der Waals surface area contributed by atoms with E-state index in [9.17, 15) is 27.6 Å². The summed E-state index contributed by atoms with van der Waals surface area (Å²) in [6.07, 6.45) is -1.32.